The Balaban J connectivity index is 1.30. The zero-order chi connectivity index (χ0) is 23.0. The standard InChI is InChI=1S/C25H34ClN5OS/c1-19-8-13-31(14-9-19)23-17-22(26)28-25(29-23)33-18-20-6-5-7-21(16-20)24(32)27-10-15-30-11-3-2-4-12-30/h5-7,16-17,19H,2-4,8-15,18H2,1H3,(H,27,32). The van der Waals surface area contributed by atoms with E-state index in [9.17, 15) is 4.79 Å². The lowest BCUT2D eigenvalue weighted by Gasteiger charge is -2.31. The Kier molecular flexibility index (Phi) is 8.87. The molecule has 8 heteroatoms. The molecule has 2 aliphatic heterocycles. The Bertz CT molecular complexity index is 929. The highest BCUT2D eigenvalue weighted by Crippen LogP contribution is 2.27. The molecule has 1 amide bonds. The van der Waals surface area contributed by atoms with E-state index in [1.807, 2.05) is 30.3 Å². The molecule has 3 heterocycles. The number of halogens is 1. The first-order valence-electron chi connectivity index (χ1n) is 12.1. The van der Waals surface area contributed by atoms with Gasteiger partial charge in [0.15, 0.2) is 5.16 Å². The number of aromatic nitrogens is 2. The van der Waals surface area contributed by atoms with Crippen LogP contribution in [0.4, 0.5) is 5.82 Å². The number of benzene rings is 1. The molecule has 1 N–H and O–H groups in total. The summed E-state index contributed by atoms with van der Waals surface area (Å²) in [5.41, 5.74) is 1.77. The third-order valence-electron chi connectivity index (χ3n) is 6.49. The topological polar surface area (TPSA) is 61.4 Å². The first kappa shape index (κ1) is 24.3. The maximum absolute atomic E-state index is 12.6. The van der Waals surface area contributed by atoms with Crippen LogP contribution in [0.15, 0.2) is 35.5 Å². The Morgan fingerprint density at radius 3 is 2.70 bits per heavy atom. The van der Waals surface area contributed by atoms with Gasteiger partial charge in [-0.1, -0.05) is 48.8 Å². The lowest BCUT2D eigenvalue weighted by atomic mass is 9.99. The summed E-state index contributed by atoms with van der Waals surface area (Å²) < 4.78 is 0. The lowest BCUT2D eigenvalue weighted by Crippen LogP contribution is -2.37. The van der Waals surface area contributed by atoms with Gasteiger partial charge in [-0.3, -0.25) is 4.79 Å². The number of piperidine rings is 2. The van der Waals surface area contributed by atoms with E-state index in [-0.39, 0.29) is 5.91 Å². The van der Waals surface area contributed by atoms with Gasteiger partial charge in [0, 0.05) is 43.6 Å². The fourth-order valence-corrected chi connectivity index (χ4v) is 5.44. The summed E-state index contributed by atoms with van der Waals surface area (Å²) in [6, 6.07) is 9.66. The fraction of sp³-hybridized carbons (Fsp3) is 0.560. The number of hydrogen-bond donors (Lipinski definition) is 1. The van der Waals surface area contributed by atoms with E-state index in [0.717, 1.165) is 50.0 Å². The minimum Gasteiger partial charge on any atom is -0.356 e. The summed E-state index contributed by atoms with van der Waals surface area (Å²) in [4.78, 5) is 26.5. The molecule has 0 atom stereocenters. The average Bonchev–Trinajstić information content (AvgIpc) is 2.84. The molecule has 0 spiro atoms. The zero-order valence-electron chi connectivity index (χ0n) is 19.4. The minimum atomic E-state index is -0.0144. The number of thioether (sulfide) groups is 1. The third kappa shape index (κ3) is 7.33. The molecule has 2 fully saturated rings. The quantitative estimate of drug-likeness (QED) is 0.325. The highest BCUT2D eigenvalue weighted by Gasteiger charge is 2.18. The first-order chi connectivity index (χ1) is 16.1. The summed E-state index contributed by atoms with van der Waals surface area (Å²) in [6.07, 6.45) is 6.21. The smallest absolute Gasteiger partial charge is 0.251 e. The molecule has 33 heavy (non-hydrogen) atoms. The first-order valence-corrected chi connectivity index (χ1v) is 13.4. The molecule has 1 aromatic carbocycles. The molecule has 1 aromatic heterocycles. The second-order valence-corrected chi connectivity index (χ2v) is 10.5. The van der Waals surface area contributed by atoms with E-state index in [0.29, 0.717) is 28.2 Å². The van der Waals surface area contributed by atoms with Crippen molar-refractivity contribution in [1.82, 2.24) is 20.2 Å². The van der Waals surface area contributed by atoms with E-state index >= 15 is 0 Å². The van der Waals surface area contributed by atoms with Crippen molar-refractivity contribution in [1.29, 1.82) is 0 Å². The van der Waals surface area contributed by atoms with Gasteiger partial charge in [0.25, 0.3) is 5.91 Å². The molecule has 2 aromatic rings. The Morgan fingerprint density at radius 2 is 1.91 bits per heavy atom. The van der Waals surface area contributed by atoms with Gasteiger partial charge in [-0.15, -0.1) is 0 Å². The number of amides is 1. The number of carbonyl (C=O) groups excluding carboxylic acids is 1. The van der Waals surface area contributed by atoms with Crippen molar-refractivity contribution in [2.75, 3.05) is 44.2 Å². The molecule has 0 radical (unpaired) electrons. The summed E-state index contributed by atoms with van der Waals surface area (Å²) in [5.74, 6) is 2.35. The van der Waals surface area contributed by atoms with Crippen LogP contribution >= 0.6 is 23.4 Å². The van der Waals surface area contributed by atoms with E-state index in [1.54, 1.807) is 11.8 Å². The molecule has 0 unspecified atom stereocenters. The highest BCUT2D eigenvalue weighted by atomic mass is 35.5. The maximum Gasteiger partial charge on any atom is 0.251 e. The maximum atomic E-state index is 12.6. The molecule has 4 rings (SSSR count). The molecule has 0 bridgehead atoms. The van der Waals surface area contributed by atoms with E-state index in [4.69, 9.17) is 16.6 Å². The molecular weight excluding hydrogens is 454 g/mol. The number of likely N-dealkylation sites (tertiary alicyclic amines) is 1. The summed E-state index contributed by atoms with van der Waals surface area (Å²) in [7, 11) is 0. The molecule has 0 saturated carbocycles. The predicted octanol–water partition coefficient (Wildman–Crippen LogP) is 4.87. The molecule has 178 valence electrons. The lowest BCUT2D eigenvalue weighted by molar-refractivity contribution is 0.0946. The van der Waals surface area contributed by atoms with Gasteiger partial charge in [-0.05, 0) is 62.4 Å². The second kappa shape index (κ2) is 12.0. The summed E-state index contributed by atoms with van der Waals surface area (Å²) in [6.45, 7) is 8.22. The SMILES string of the molecule is CC1CCN(c2cc(Cl)nc(SCc3cccc(C(=O)NCCN4CCCCC4)c3)n2)CC1. The second-order valence-electron chi connectivity index (χ2n) is 9.15. The van der Waals surface area contributed by atoms with Gasteiger partial charge < -0.3 is 15.1 Å². The molecule has 0 aliphatic carbocycles. The van der Waals surface area contributed by atoms with Crippen LogP contribution in [0.1, 0.15) is 54.9 Å². The zero-order valence-corrected chi connectivity index (χ0v) is 21.0. The predicted molar refractivity (Wildman–Crippen MR) is 136 cm³/mol. The van der Waals surface area contributed by atoms with Crippen LogP contribution in [0.3, 0.4) is 0 Å². The van der Waals surface area contributed by atoms with Gasteiger partial charge in [-0.25, -0.2) is 9.97 Å². The Labute approximate surface area is 206 Å². The number of rotatable bonds is 8. The summed E-state index contributed by atoms with van der Waals surface area (Å²) in [5, 5.41) is 4.22. The summed E-state index contributed by atoms with van der Waals surface area (Å²) >= 11 is 7.86. The van der Waals surface area contributed by atoms with Gasteiger partial charge >= 0.3 is 0 Å². The van der Waals surface area contributed by atoms with Gasteiger partial charge in [0.05, 0.1) is 0 Å². The van der Waals surface area contributed by atoms with Crippen LogP contribution < -0.4 is 10.2 Å². The number of hydrogen-bond acceptors (Lipinski definition) is 6. The Hall–Kier alpha value is -1.83. The number of nitrogens with zero attached hydrogens (tertiary/aromatic N) is 4. The van der Waals surface area contributed by atoms with Gasteiger partial charge in [0.1, 0.15) is 11.0 Å². The van der Waals surface area contributed by atoms with E-state index in [1.165, 1.54) is 32.1 Å². The normalized spacial score (nSPS) is 17.8. The van der Waals surface area contributed by atoms with Crippen molar-refractivity contribution >= 4 is 35.1 Å². The minimum absolute atomic E-state index is 0.0144. The van der Waals surface area contributed by atoms with E-state index < -0.39 is 0 Å². The van der Waals surface area contributed by atoms with Crippen LogP contribution in [-0.4, -0.2) is 60.0 Å². The number of anilines is 1. The van der Waals surface area contributed by atoms with Crippen LogP contribution in [0.5, 0.6) is 0 Å². The highest BCUT2D eigenvalue weighted by molar-refractivity contribution is 7.98. The Morgan fingerprint density at radius 1 is 1.12 bits per heavy atom. The van der Waals surface area contributed by atoms with Crippen molar-refractivity contribution in [2.45, 2.75) is 49.9 Å². The third-order valence-corrected chi connectivity index (χ3v) is 7.60. The number of nitrogens with one attached hydrogen (secondary N) is 1. The van der Waals surface area contributed by atoms with Crippen molar-refractivity contribution < 1.29 is 4.79 Å². The average molecular weight is 488 g/mol. The molecule has 2 saturated heterocycles. The van der Waals surface area contributed by atoms with Crippen molar-refractivity contribution in [3.05, 3.63) is 46.6 Å². The van der Waals surface area contributed by atoms with Crippen LogP contribution in [-0.2, 0) is 5.75 Å². The number of carbonyl (C=O) groups is 1. The monoisotopic (exact) mass is 487 g/mol. The van der Waals surface area contributed by atoms with Gasteiger partial charge in [0.2, 0.25) is 0 Å². The van der Waals surface area contributed by atoms with Crippen LogP contribution in [0.2, 0.25) is 5.15 Å². The van der Waals surface area contributed by atoms with Gasteiger partial charge in [-0.2, -0.15) is 0 Å². The molecule has 2 aliphatic rings. The molecular formula is C25H34ClN5OS. The van der Waals surface area contributed by atoms with Crippen LogP contribution in [0.25, 0.3) is 0 Å². The van der Waals surface area contributed by atoms with E-state index in [2.05, 4.69) is 27.0 Å². The van der Waals surface area contributed by atoms with Crippen molar-refractivity contribution in [3.63, 3.8) is 0 Å². The fourth-order valence-electron chi connectivity index (χ4n) is 4.41. The largest absolute Gasteiger partial charge is 0.356 e. The molecule has 6 nitrogen and oxygen atoms in total. The van der Waals surface area contributed by atoms with Crippen molar-refractivity contribution in [3.8, 4) is 0 Å². The van der Waals surface area contributed by atoms with Crippen molar-refractivity contribution in [2.24, 2.45) is 5.92 Å². The van der Waals surface area contributed by atoms with Crippen LogP contribution in [0, 0.1) is 5.92 Å².